The Bertz CT molecular complexity index is 745. The molecule has 0 aromatic heterocycles. The van der Waals surface area contributed by atoms with Gasteiger partial charge in [-0.05, 0) is 36.8 Å². The molecule has 0 radical (unpaired) electrons. The molecule has 0 aliphatic rings. The molecule has 0 amide bonds. The van der Waals surface area contributed by atoms with Gasteiger partial charge < -0.3 is 5.73 Å². The Morgan fingerprint density at radius 1 is 1.15 bits per heavy atom. The van der Waals surface area contributed by atoms with Crippen molar-refractivity contribution in [3.63, 3.8) is 0 Å². The van der Waals surface area contributed by atoms with Crippen LogP contribution in [0.15, 0.2) is 47.4 Å². The Morgan fingerprint density at radius 2 is 1.80 bits per heavy atom. The van der Waals surface area contributed by atoms with Crippen LogP contribution in [-0.2, 0) is 10.0 Å². The van der Waals surface area contributed by atoms with Crippen molar-refractivity contribution in [1.82, 2.24) is 0 Å². The number of nitrogens with zero attached hydrogens (tertiary/aromatic N) is 1. The van der Waals surface area contributed by atoms with Crippen LogP contribution in [-0.4, -0.2) is 15.5 Å². The molecule has 0 atom stereocenters. The number of para-hydroxylation sites is 1. The molecule has 2 N–H and O–H groups in total. The first-order valence-corrected chi connectivity index (χ1v) is 7.75. The largest absolute Gasteiger partial charge is 0.398 e. The van der Waals surface area contributed by atoms with Crippen molar-refractivity contribution in [1.29, 1.82) is 0 Å². The highest BCUT2D eigenvalue weighted by Crippen LogP contribution is 2.28. The molecule has 20 heavy (non-hydrogen) atoms. The van der Waals surface area contributed by atoms with Crippen molar-refractivity contribution in [2.45, 2.75) is 11.8 Å². The molecule has 0 unspecified atom stereocenters. The summed E-state index contributed by atoms with van der Waals surface area (Å²) in [5.41, 5.74) is 7.45. The molecule has 0 saturated heterocycles. The van der Waals surface area contributed by atoms with Crippen LogP contribution >= 0.6 is 11.6 Å². The van der Waals surface area contributed by atoms with E-state index in [-0.39, 0.29) is 9.92 Å². The van der Waals surface area contributed by atoms with Gasteiger partial charge in [0.15, 0.2) is 0 Å². The molecule has 0 fully saturated rings. The molecule has 0 bridgehead atoms. The number of nitrogens with two attached hydrogens (primary N) is 1. The van der Waals surface area contributed by atoms with Crippen molar-refractivity contribution in [2.24, 2.45) is 0 Å². The molecule has 106 valence electrons. The molecule has 4 nitrogen and oxygen atoms in total. The number of rotatable bonds is 3. The minimum Gasteiger partial charge on any atom is -0.398 e. The average molecular weight is 311 g/mol. The van der Waals surface area contributed by atoms with E-state index in [9.17, 15) is 8.42 Å². The van der Waals surface area contributed by atoms with Crippen LogP contribution in [0.2, 0.25) is 5.02 Å². The highest BCUT2D eigenvalue weighted by atomic mass is 35.5. The summed E-state index contributed by atoms with van der Waals surface area (Å²) >= 11 is 5.89. The monoisotopic (exact) mass is 310 g/mol. The van der Waals surface area contributed by atoms with Crippen LogP contribution in [0.25, 0.3) is 0 Å². The molecular formula is C14H15ClN2O2S. The van der Waals surface area contributed by atoms with Crippen LogP contribution < -0.4 is 10.0 Å². The summed E-state index contributed by atoms with van der Waals surface area (Å²) in [5.74, 6) is 0. The molecular weight excluding hydrogens is 296 g/mol. The van der Waals surface area contributed by atoms with E-state index in [1.165, 1.54) is 29.6 Å². The van der Waals surface area contributed by atoms with Crippen molar-refractivity contribution < 1.29 is 8.42 Å². The summed E-state index contributed by atoms with van der Waals surface area (Å²) in [6.07, 6.45) is 0. The second kappa shape index (κ2) is 5.34. The molecule has 0 aliphatic carbocycles. The number of hydrogen-bond donors (Lipinski definition) is 1. The Labute approximate surface area is 123 Å². The van der Waals surface area contributed by atoms with Crippen LogP contribution in [0.5, 0.6) is 0 Å². The first-order chi connectivity index (χ1) is 9.34. The number of hydrogen-bond acceptors (Lipinski definition) is 3. The third kappa shape index (κ3) is 2.59. The van der Waals surface area contributed by atoms with Gasteiger partial charge in [0.2, 0.25) is 0 Å². The van der Waals surface area contributed by atoms with Gasteiger partial charge in [0.05, 0.1) is 21.3 Å². The normalized spacial score (nSPS) is 11.3. The minimum absolute atomic E-state index is 0.113. The Kier molecular flexibility index (Phi) is 3.92. The molecule has 2 aromatic rings. The zero-order valence-electron chi connectivity index (χ0n) is 11.2. The number of anilines is 2. The maximum Gasteiger partial charge on any atom is 0.264 e. The van der Waals surface area contributed by atoms with E-state index in [1.54, 1.807) is 12.1 Å². The lowest BCUT2D eigenvalue weighted by molar-refractivity contribution is 0.594. The number of halogens is 1. The zero-order chi connectivity index (χ0) is 14.9. The van der Waals surface area contributed by atoms with E-state index >= 15 is 0 Å². The van der Waals surface area contributed by atoms with Gasteiger partial charge in [-0.2, -0.15) is 0 Å². The highest BCUT2D eigenvalue weighted by molar-refractivity contribution is 7.92. The third-order valence-corrected chi connectivity index (χ3v) is 5.18. The second-order valence-corrected chi connectivity index (χ2v) is 6.82. The van der Waals surface area contributed by atoms with Crippen molar-refractivity contribution in [3.05, 3.63) is 53.1 Å². The summed E-state index contributed by atoms with van der Waals surface area (Å²) in [4.78, 5) is 0.113. The summed E-state index contributed by atoms with van der Waals surface area (Å²) in [7, 11) is -2.14. The Hall–Kier alpha value is -1.72. The van der Waals surface area contributed by atoms with Gasteiger partial charge in [-0.15, -0.1) is 0 Å². The van der Waals surface area contributed by atoms with E-state index in [2.05, 4.69) is 0 Å². The third-order valence-electron chi connectivity index (χ3n) is 3.09. The van der Waals surface area contributed by atoms with Crippen LogP contribution in [0.1, 0.15) is 5.56 Å². The number of benzene rings is 2. The zero-order valence-corrected chi connectivity index (χ0v) is 12.7. The van der Waals surface area contributed by atoms with Crippen LogP contribution in [0, 0.1) is 6.92 Å². The quantitative estimate of drug-likeness (QED) is 0.886. The van der Waals surface area contributed by atoms with Gasteiger partial charge >= 0.3 is 0 Å². The molecule has 2 aromatic carbocycles. The van der Waals surface area contributed by atoms with Crippen molar-refractivity contribution >= 4 is 33.0 Å². The summed E-state index contributed by atoms with van der Waals surface area (Å²) < 4.78 is 26.4. The predicted octanol–water partition coefficient (Wildman–Crippen LogP) is 3.06. The summed E-state index contributed by atoms with van der Waals surface area (Å²) in [6, 6.07) is 11.6. The molecule has 6 heteroatoms. The Morgan fingerprint density at radius 3 is 2.40 bits per heavy atom. The minimum atomic E-state index is -3.66. The molecule has 0 saturated carbocycles. The van der Waals surface area contributed by atoms with Crippen LogP contribution in [0.4, 0.5) is 11.4 Å². The van der Waals surface area contributed by atoms with E-state index in [0.29, 0.717) is 11.4 Å². The standard InChI is InChI=1S/C14H15ClN2O2S/c1-10-5-3-4-6-14(10)17(2)20(18,19)11-7-8-13(16)12(15)9-11/h3-9H,16H2,1-2H3. The predicted molar refractivity (Wildman–Crippen MR) is 82.6 cm³/mol. The molecule has 0 aliphatic heterocycles. The topological polar surface area (TPSA) is 63.4 Å². The van der Waals surface area contributed by atoms with Crippen LogP contribution in [0.3, 0.4) is 0 Å². The average Bonchev–Trinajstić information content (AvgIpc) is 2.41. The summed E-state index contributed by atoms with van der Waals surface area (Å²) in [5, 5.41) is 0.226. The van der Waals surface area contributed by atoms with E-state index in [4.69, 9.17) is 17.3 Å². The lowest BCUT2D eigenvalue weighted by Crippen LogP contribution is -2.27. The fourth-order valence-electron chi connectivity index (χ4n) is 1.87. The smallest absolute Gasteiger partial charge is 0.264 e. The van der Waals surface area contributed by atoms with Gasteiger partial charge in [-0.3, -0.25) is 4.31 Å². The Balaban J connectivity index is 2.50. The van der Waals surface area contributed by atoms with E-state index in [0.717, 1.165) is 5.56 Å². The number of aryl methyl sites for hydroxylation is 1. The maximum atomic E-state index is 12.6. The first-order valence-electron chi connectivity index (χ1n) is 5.93. The van der Waals surface area contributed by atoms with Gasteiger partial charge in [-0.1, -0.05) is 29.8 Å². The fraction of sp³-hybridized carbons (Fsp3) is 0.143. The first kappa shape index (κ1) is 14.7. The van der Waals surface area contributed by atoms with E-state index in [1.807, 2.05) is 19.1 Å². The fourth-order valence-corrected chi connectivity index (χ4v) is 3.40. The van der Waals surface area contributed by atoms with Gasteiger partial charge in [-0.25, -0.2) is 8.42 Å². The number of nitrogen functional groups attached to an aromatic ring is 1. The van der Waals surface area contributed by atoms with Gasteiger partial charge in [0, 0.05) is 7.05 Å². The van der Waals surface area contributed by atoms with Crippen molar-refractivity contribution in [2.75, 3.05) is 17.1 Å². The second-order valence-electron chi connectivity index (χ2n) is 4.44. The van der Waals surface area contributed by atoms with E-state index < -0.39 is 10.0 Å². The summed E-state index contributed by atoms with van der Waals surface area (Å²) in [6.45, 7) is 1.86. The molecule has 2 rings (SSSR count). The molecule has 0 spiro atoms. The lowest BCUT2D eigenvalue weighted by atomic mass is 10.2. The van der Waals surface area contributed by atoms with Gasteiger partial charge in [0.25, 0.3) is 10.0 Å². The van der Waals surface area contributed by atoms with Gasteiger partial charge in [0.1, 0.15) is 0 Å². The lowest BCUT2D eigenvalue weighted by Gasteiger charge is -2.21. The SMILES string of the molecule is Cc1ccccc1N(C)S(=O)(=O)c1ccc(N)c(Cl)c1. The highest BCUT2D eigenvalue weighted by Gasteiger charge is 2.22. The number of sulfonamides is 1. The van der Waals surface area contributed by atoms with Crippen molar-refractivity contribution in [3.8, 4) is 0 Å². The molecule has 0 heterocycles. The maximum absolute atomic E-state index is 12.6.